The van der Waals surface area contributed by atoms with E-state index in [1.54, 1.807) is 4.90 Å². The molecule has 1 N–H and O–H groups in total. The van der Waals surface area contributed by atoms with Gasteiger partial charge in [-0.1, -0.05) is 0 Å². The minimum Gasteiger partial charge on any atom is -0.393 e. The molecule has 0 spiro atoms. The highest BCUT2D eigenvalue weighted by Crippen LogP contribution is 2.45. The number of benzene rings is 1. The fraction of sp³-hybridized carbons (Fsp3) is 0.500. The summed E-state index contributed by atoms with van der Waals surface area (Å²) >= 11 is 0. The fourth-order valence-electron chi connectivity index (χ4n) is 4.61. The number of rotatable bonds is 1. The van der Waals surface area contributed by atoms with Gasteiger partial charge >= 0.3 is 0 Å². The van der Waals surface area contributed by atoms with Crippen LogP contribution in [-0.4, -0.2) is 65.9 Å². The summed E-state index contributed by atoms with van der Waals surface area (Å²) in [5, 5.41) is 10.5. The number of carbonyl (C=O) groups excluding carboxylic acids is 1. The van der Waals surface area contributed by atoms with Gasteiger partial charge in [0.05, 0.1) is 17.8 Å². The number of amides is 1. The minimum atomic E-state index is -1.33. The van der Waals surface area contributed by atoms with Crippen molar-refractivity contribution in [3.05, 3.63) is 33.6 Å². The number of fused-ring (bicyclic) bond motifs is 5. The van der Waals surface area contributed by atoms with Crippen molar-refractivity contribution in [1.29, 1.82) is 0 Å². The Hall–Kier alpha value is -2.52. The van der Waals surface area contributed by atoms with Crippen molar-refractivity contribution in [2.24, 2.45) is 7.05 Å². The van der Waals surface area contributed by atoms with Crippen LogP contribution in [0, 0.1) is 18.6 Å². The second-order valence-electron chi connectivity index (χ2n) is 8.18. The third-order valence-corrected chi connectivity index (χ3v) is 6.54. The summed E-state index contributed by atoms with van der Waals surface area (Å²) < 4.78 is 30.7. The predicted molar refractivity (Wildman–Crippen MR) is 107 cm³/mol. The lowest BCUT2D eigenvalue weighted by molar-refractivity contribution is -0.127. The SMILES string of the molecule is Cc1c(F)cc2c3c(c(=O)n(C)c2c1F)N(C)C(=O)C1(CO)CN(C)C(C)CN31. The molecule has 2 aromatic rings. The van der Waals surface area contributed by atoms with Crippen molar-refractivity contribution in [3.8, 4) is 0 Å². The monoisotopic (exact) mass is 406 g/mol. The minimum absolute atomic E-state index is 0.00187. The number of halogens is 2. The number of aliphatic hydroxyl groups excluding tert-OH is 1. The maximum atomic E-state index is 15.0. The molecular weight excluding hydrogens is 382 g/mol. The van der Waals surface area contributed by atoms with Crippen LogP contribution in [0.2, 0.25) is 0 Å². The van der Waals surface area contributed by atoms with E-state index in [0.29, 0.717) is 6.54 Å². The van der Waals surface area contributed by atoms with E-state index in [2.05, 4.69) is 0 Å². The first-order chi connectivity index (χ1) is 13.6. The van der Waals surface area contributed by atoms with Gasteiger partial charge in [-0.2, -0.15) is 0 Å². The number of hydrogen-bond acceptors (Lipinski definition) is 5. The molecule has 1 fully saturated rings. The molecule has 2 unspecified atom stereocenters. The largest absolute Gasteiger partial charge is 0.393 e. The normalized spacial score (nSPS) is 24.8. The molecule has 156 valence electrons. The van der Waals surface area contributed by atoms with Gasteiger partial charge in [0.15, 0.2) is 11.4 Å². The molecule has 2 aliphatic heterocycles. The van der Waals surface area contributed by atoms with Gasteiger partial charge in [-0.3, -0.25) is 14.5 Å². The van der Waals surface area contributed by atoms with Gasteiger partial charge in [0, 0.05) is 44.2 Å². The summed E-state index contributed by atoms with van der Waals surface area (Å²) in [6.07, 6.45) is 0. The van der Waals surface area contributed by atoms with Crippen LogP contribution in [-0.2, 0) is 11.8 Å². The average molecular weight is 406 g/mol. The Kier molecular flexibility index (Phi) is 4.25. The van der Waals surface area contributed by atoms with Crippen LogP contribution >= 0.6 is 0 Å². The van der Waals surface area contributed by atoms with Crippen molar-refractivity contribution < 1.29 is 18.7 Å². The van der Waals surface area contributed by atoms with Crippen LogP contribution in [0.4, 0.5) is 20.2 Å². The van der Waals surface area contributed by atoms with Gasteiger partial charge in [0.2, 0.25) is 0 Å². The number of pyridine rings is 1. The zero-order chi connectivity index (χ0) is 21.4. The maximum absolute atomic E-state index is 15.0. The molecule has 4 rings (SSSR count). The molecule has 0 saturated carbocycles. The van der Waals surface area contributed by atoms with Crippen LogP contribution in [0.25, 0.3) is 10.9 Å². The molecule has 2 aliphatic rings. The van der Waals surface area contributed by atoms with E-state index >= 15 is 4.39 Å². The van der Waals surface area contributed by atoms with Gasteiger partial charge in [-0.15, -0.1) is 0 Å². The lowest BCUT2D eigenvalue weighted by Gasteiger charge is -2.55. The van der Waals surface area contributed by atoms with Gasteiger partial charge < -0.3 is 19.5 Å². The lowest BCUT2D eigenvalue weighted by Crippen LogP contribution is -2.74. The van der Waals surface area contributed by atoms with Crippen LogP contribution in [0.15, 0.2) is 10.9 Å². The molecule has 3 heterocycles. The number of carbonyl (C=O) groups is 1. The van der Waals surface area contributed by atoms with E-state index in [1.165, 1.54) is 32.0 Å². The fourth-order valence-corrected chi connectivity index (χ4v) is 4.61. The molecule has 0 bridgehead atoms. The molecule has 1 aromatic carbocycles. The van der Waals surface area contributed by atoms with Crippen molar-refractivity contribution in [2.75, 3.05) is 43.6 Å². The number of aliphatic hydroxyl groups is 1. The summed E-state index contributed by atoms with van der Waals surface area (Å²) in [4.78, 5) is 31.3. The number of aromatic nitrogens is 1. The van der Waals surface area contributed by atoms with Gasteiger partial charge in [-0.05, 0) is 27.0 Å². The molecule has 1 saturated heterocycles. The molecule has 9 heteroatoms. The first kappa shape index (κ1) is 19.8. The van der Waals surface area contributed by atoms with E-state index in [9.17, 15) is 19.1 Å². The second-order valence-corrected chi connectivity index (χ2v) is 8.18. The molecule has 1 amide bonds. The summed E-state index contributed by atoms with van der Waals surface area (Å²) in [5.74, 6) is -1.96. The number of hydrogen-bond donors (Lipinski definition) is 1. The third-order valence-electron chi connectivity index (χ3n) is 6.54. The highest BCUT2D eigenvalue weighted by Gasteiger charge is 2.55. The van der Waals surface area contributed by atoms with Gasteiger partial charge in [0.1, 0.15) is 11.5 Å². The highest BCUT2D eigenvalue weighted by atomic mass is 19.1. The van der Waals surface area contributed by atoms with Crippen LogP contribution < -0.4 is 15.4 Å². The summed E-state index contributed by atoms with van der Waals surface area (Å²) in [6, 6.07) is 1.21. The number of aryl methyl sites for hydroxylation is 1. The first-order valence-electron chi connectivity index (χ1n) is 9.45. The third kappa shape index (κ3) is 2.34. The van der Waals surface area contributed by atoms with Crippen molar-refractivity contribution in [1.82, 2.24) is 9.47 Å². The zero-order valence-electron chi connectivity index (χ0n) is 17.1. The van der Waals surface area contributed by atoms with Crippen LogP contribution in [0.5, 0.6) is 0 Å². The Balaban J connectivity index is 2.19. The Morgan fingerprint density at radius 2 is 1.86 bits per heavy atom. The zero-order valence-corrected chi connectivity index (χ0v) is 17.1. The average Bonchev–Trinajstić information content (AvgIpc) is 2.68. The van der Waals surface area contributed by atoms with Gasteiger partial charge in [0.25, 0.3) is 11.5 Å². The molecule has 0 aliphatic carbocycles. The highest BCUT2D eigenvalue weighted by molar-refractivity contribution is 6.14. The number of nitrogens with zero attached hydrogens (tertiary/aromatic N) is 4. The van der Waals surface area contributed by atoms with Crippen LogP contribution in [0.3, 0.4) is 0 Å². The summed E-state index contributed by atoms with van der Waals surface area (Å²) in [6.45, 7) is 3.34. The number of piperazine rings is 1. The van der Waals surface area contributed by atoms with E-state index in [0.717, 1.165) is 4.57 Å². The second kappa shape index (κ2) is 6.24. The predicted octanol–water partition coefficient (Wildman–Crippen LogP) is 0.973. The van der Waals surface area contributed by atoms with E-state index in [4.69, 9.17) is 0 Å². The smallest absolute Gasteiger partial charge is 0.277 e. The molecular formula is C20H24F2N4O3. The van der Waals surface area contributed by atoms with E-state index < -0.39 is 35.2 Å². The first-order valence-corrected chi connectivity index (χ1v) is 9.45. The van der Waals surface area contributed by atoms with Crippen molar-refractivity contribution >= 4 is 28.2 Å². The summed E-state index contributed by atoms with van der Waals surface area (Å²) in [5.41, 5.74) is -1.72. The number of likely N-dealkylation sites (N-methyl/N-ethyl adjacent to an activating group) is 2. The van der Waals surface area contributed by atoms with Crippen molar-refractivity contribution in [2.45, 2.75) is 25.4 Å². The molecule has 29 heavy (non-hydrogen) atoms. The van der Waals surface area contributed by atoms with E-state index in [-0.39, 0.29) is 40.4 Å². The molecule has 2 atom stereocenters. The molecule has 7 nitrogen and oxygen atoms in total. The molecule has 1 aromatic heterocycles. The van der Waals surface area contributed by atoms with E-state index in [1.807, 2.05) is 18.9 Å². The number of anilines is 2. The maximum Gasteiger partial charge on any atom is 0.277 e. The molecule has 0 radical (unpaired) electrons. The Morgan fingerprint density at radius 1 is 1.21 bits per heavy atom. The Labute approximate surface area is 166 Å². The standard InChI is InChI=1S/C20H24F2N4O3/c1-10-7-26-16-12-6-13(21)11(2)14(22)15(12)24(4)18(28)17(16)25(5)19(29)20(26,9-27)8-23(10)3/h6,10,27H,7-9H2,1-5H3. The van der Waals surface area contributed by atoms with Crippen molar-refractivity contribution in [3.63, 3.8) is 0 Å². The summed E-state index contributed by atoms with van der Waals surface area (Å²) in [7, 11) is 4.72. The quantitative estimate of drug-likeness (QED) is 0.765. The van der Waals surface area contributed by atoms with Gasteiger partial charge in [-0.25, -0.2) is 8.78 Å². The lowest BCUT2D eigenvalue weighted by atomic mass is 9.86. The Morgan fingerprint density at radius 3 is 2.48 bits per heavy atom. The topological polar surface area (TPSA) is 69.0 Å². The van der Waals surface area contributed by atoms with Crippen LogP contribution in [0.1, 0.15) is 12.5 Å². The Bertz CT molecular complexity index is 1120.